The molecule has 0 saturated heterocycles. The van der Waals surface area contributed by atoms with Crippen molar-refractivity contribution in [3.8, 4) is 11.5 Å². The van der Waals surface area contributed by atoms with Crippen LogP contribution in [0.5, 0.6) is 11.5 Å². The van der Waals surface area contributed by atoms with Crippen molar-refractivity contribution in [2.45, 2.75) is 13.5 Å². The Morgan fingerprint density at radius 1 is 1.03 bits per heavy atom. The summed E-state index contributed by atoms with van der Waals surface area (Å²) in [5.74, 6) is 1.41. The molecule has 3 aromatic rings. The fraction of sp³-hybridized carbons (Fsp3) is 0.217. The van der Waals surface area contributed by atoms with Gasteiger partial charge < -0.3 is 20.1 Å². The quantitative estimate of drug-likeness (QED) is 0.543. The number of rotatable bonds is 9. The SMILES string of the molecule is COc1ccc(OCCNc2cncc(C(=O)NCc3ccccc3C)c2)cc1. The van der Waals surface area contributed by atoms with Crippen molar-refractivity contribution in [2.24, 2.45) is 0 Å². The number of hydrogen-bond donors (Lipinski definition) is 2. The summed E-state index contributed by atoms with van der Waals surface area (Å²) in [5, 5.41) is 6.16. The minimum Gasteiger partial charge on any atom is -0.497 e. The molecule has 0 radical (unpaired) electrons. The van der Waals surface area contributed by atoms with Gasteiger partial charge in [0.2, 0.25) is 0 Å². The number of pyridine rings is 1. The molecular formula is C23H25N3O3. The number of hydrogen-bond acceptors (Lipinski definition) is 5. The third kappa shape index (κ3) is 5.97. The highest BCUT2D eigenvalue weighted by Gasteiger charge is 2.07. The fourth-order valence-corrected chi connectivity index (χ4v) is 2.78. The molecule has 2 aromatic carbocycles. The van der Waals surface area contributed by atoms with E-state index in [-0.39, 0.29) is 5.91 Å². The van der Waals surface area contributed by atoms with Crippen LogP contribution in [0.25, 0.3) is 0 Å². The Bertz CT molecular complexity index is 942. The first kappa shape index (κ1) is 20.2. The van der Waals surface area contributed by atoms with E-state index in [4.69, 9.17) is 9.47 Å². The second-order valence-electron chi connectivity index (χ2n) is 6.52. The molecule has 1 heterocycles. The van der Waals surface area contributed by atoms with E-state index in [2.05, 4.69) is 15.6 Å². The van der Waals surface area contributed by atoms with Crippen molar-refractivity contribution in [1.29, 1.82) is 0 Å². The van der Waals surface area contributed by atoms with Crippen molar-refractivity contribution in [2.75, 3.05) is 25.6 Å². The largest absolute Gasteiger partial charge is 0.497 e. The summed E-state index contributed by atoms with van der Waals surface area (Å²) in [6.07, 6.45) is 3.25. The summed E-state index contributed by atoms with van der Waals surface area (Å²) in [6, 6.07) is 17.2. The van der Waals surface area contributed by atoms with E-state index in [1.165, 1.54) is 0 Å². The maximum atomic E-state index is 12.4. The molecular weight excluding hydrogens is 366 g/mol. The molecule has 1 amide bonds. The van der Waals surface area contributed by atoms with Crippen molar-refractivity contribution >= 4 is 11.6 Å². The molecule has 0 unspecified atom stereocenters. The van der Waals surface area contributed by atoms with Gasteiger partial charge in [0.1, 0.15) is 18.1 Å². The highest BCUT2D eigenvalue weighted by molar-refractivity contribution is 5.94. The zero-order valence-electron chi connectivity index (χ0n) is 16.6. The van der Waals surface area contributed by atoms with Crippen LogP contribution in [0.4, 0.5) is 5.69 Å². The van der Waals surface area contributed by atoms with E-state index >= 15 is 0 Å². The normalized spacial score (nSPS) is 10.3. The second-order valence-corrected chi connectivity index (χ2v) is 6.52. The van der Waals surface area contributed by atoms with E-state index in [9.17, 15) is 4.79 Å². The van der Waals surface area contributed by atoms with Gasteiger partial charge in [-0.2, -0.15) is 0 Å². The van der Waals surface area contributed by atoms with Gasteiger partial charge in [-0.25, -0.2) is 0 Å². The highest BCUT2D eigenvalue weighted by Crippen LogP contribution is 2.17. The summed E-state index contributed by atoms with van der Waals surface area (Å²) in [5.41, 5.74) is 3.53. The molecule has 0 saturated carbocycles. The molecule has 0 atom stereocenters. The first-order chi connectivity index (χ1) is 14.2. The number of amides is 1. The van der Waals surface area contributed by atoms with Crippen molar-refractivity contribution in [3.05, 3.63) is 83.7 Å². The van der Waals surface area contributed by atoms with Gasteiger partial charge in [-0.1, -0.05) is 24.3 Å². The van der Waals surface area contributed by atoms with Gasteiger partial charge in [-0.15, -0.1) is 0 Å². The molecule has 1 aromatic heterocycles. The van der Waals surface area contributed by atoms with Crippen LogP contribution in [-0.4, -0.2) is 31.2 Å². The summed E-state index contributed by atoms with van der Waals surface area (Å²) in [4.78, 5) is 16.6. The van der Waals surface area contributed by atoms with Gasteiger partial charge >= 0.3 is 0 Å². The summed E-state index contributed by atoms with van der Waals surface area (Å²) < 4.78 is 10.8. The number of ether oxygens (including phenoxy) is 2. The van der Waals surface area contributed by atoms with E-state index in [1.807, 2.05) is 55.5 Å². The van der Waals surface area contributed by atoms with Gasteiger partial charge in [0.05, 0.1) is 18.4 Å². The molecule has 6 heteroatoms. The van der Waals surface area contributed by atoms with E-state index in [1.54, 1.807) is 25.6 Å². The number of carbonyl (C=O) groups is 1. The Kier molecular flexibility index (Phi) is 7.05. The zero-order chi connectivity index (χ0) is 20.5. The first-order valence-corrected chi connectivity index (χ1v) is 9.44. The molecule has 0 fully saturated rings. The van der Waals surface area contributed by atoms with Gasteiger partial charge in [0.25, 0.3) is 5.91 Å². The fourth-order valence-electron chi connectivity index (χ4n) is 2.78. The zero-order valence-corrected chi connectivity index (χ0v) is 16.6. The summed E-state index contributed by atoms with van der Waals surface area (Å²) in [6.45, 7) is 3.58. The minimum atomic E-state index is -0.154. The average Bonchev–Trinajstić information content (AvgIpc) is 2.76. The lowest BCUT2D eigenvalue weighted by molar-refractivity contribution is 0.0950. The van der Waals surface area contributed by atoms with Crippen LogP contribution in [0.3, 0.4) is 0 Å². The standard InChI is InChI=1S/C23H25N3O3/c1-17-5-3-4-6-18(17)15-26-23(27)19-13-20(16-24-14-19)25-11-12-29-22-9-7-21(28-2)8-10-22/h3-10,13-14,16,25H,11-12,15H2,1-2H3,(H,26,27). The van der Waals surface area contributed by atoms with Gasteiger partial charge in [-0.3, -0.25) is 9.78 Å². The van der Waals surface area contributed by atoms with Crippen LogP contribution in [0, 0.1) is 6.92 Å². The van der Waals surface area contributed by atoms with Crippen molar-refractivity contribution in [1.82, 2.24) is 10.3 Å². The van der Waals surface area contributed by atoms with E-state index in [0.717, 1.165) is 28.3 Å². The van der Waals surface area contributed by atoms with E-state index < -0.39 is 0 Å². The Hall–Kier alpha value is -3.54. The molecule has 0 bridgehead atoms. The lowest BCUT2D eigenvalue weighted by atomic mass is 10.1. The number of nitrogens with zero attached hydrogens (tertiary/aromatic N) is 1. The topological polar surface area (TPSA) is 72.5 Å². The Morgan fingerprint density at radius 3 is 2.55 bits per heavy atom. The Labute approximate surface area is 170 Å². The monoisotopic (exact) mass is 391 g/mol. The van der Waals surface area contributed by atoms with E-state index in [0.29, 0.717) is 25.3 Å². The number of carbonyl (C=O) groups excluding carboxylic acids is 1. The highest BCUT2D eigenvalue weighted by atomic mass is 16.5. The Morgan fingerprint density at radius 2 is 1.79 bits per heavy atom. The second kappa shape index (κ2) is 10.1. The van der Waals surface area contributed by atoms with Crippen LogP contribution >= 0.6 is 0 Å². The summed E-state index contributed by atoms with van der Waals surface area (Å²) >= 11 is 0. The maximum absolute atomic E-state index is 12.4. The molecule has 3 rings (SSSR count). The smallest absolute Gasteiger partial charge is 0.253 e. The average molecular weight is 391 g/mol. The predicted molar refractivity (Wildman–Crippen MR) is 114 cm³/mol. The molecule has 0 spiro atoms. The van der Waals surface area contributed by atoms with Gasteiger partial charge in [-0.05, 0) is 48.4 Å². The van der Waals surface area contributed by atoms with Crippen LogP contribution in [0.15, 0.2) is 67.0 Å². The number of methoxy groups -OCH3 is 1. The third-order valence-corrected chi connectivity index (χ3v) is 4.46. The number of aromatic nitrogens is 1. The number of anilines is 1. The molecule has 0 aliphatic carbocycles. The van der Waals surface area contributed by atoms with Gasteiger partial charge in [0.15, 0.2) is 0 Å². The van der Waals surface area contributed by atoms with Crippen LogP contribution in [-0.2, 0) is 6.54 Å². The lowest BCUT2D eigenvalue weighted by Crippen LogP contribution is -2.23. The van der Waals surface area contributed by atoms with Gasteiger partial charge in [0, 0.05) is 25.5 Å². The maximum Gasteiger partial charge on any atom is 0.253 e. The minimum absolute atomic E-state index is 0.154. The third-order valence-electron chi connectivity index (χ3n) is 4.46. The number of nitrogens with one attached hydrogen (secondary N) is 2. The number of aryl methyl sites for hydroxylation is 1. The van der Waals surface area contributed by atoms with Crippen LogP contribution in [0.1, 0.15) is 21.5 Å². The van der Waals surface area contributed by atoms with Crippen molar-refractivity contribution < 1.29 is 14.3 Å². The molecule has 150 valence electrons. The first-order valence-electron chi connectivity index (χ1n) is 9.44. The van der Waals surface area contributed by atoms with Crippen molar-refractivity contribution in [3.63, 3.8) is 0 Å². The lowest BCUT2D eigenvalue weighted by Gasteiger charge is -2.11. The Balaban J connectivity index is 1.47. The van der Waals surface area contributed by atoms with Crippen LogP contribution < -0.4 is 20.1 Å². The molecule has 2 N–H and O–H groups in total. The molecule has 29 heavy (non-hydrogen) atoms. The molecule has 6 nitrogen and oxygen atoms in total. The molecule has 0 aliphatic heterocycles. The molecule has 0 aliphatic rings. The number of benzene rings is 2. The summed E-state index contributed by atoms with van der Waals surface area (Å²) in [7, 11) is 1.63. The predicted octanol–water partition coefficient (Wildman–Crippen LogP) is 3.82. The van der Waals surface area contributed by atoms with Crippen LogP contribution in [0.2, 0.25) is 0 Å².